The first-order chi connectivity index (χ1) is 6.56. The molecule has 76 valence electrons. The van der Waals surface area contributed by atoms with Gasteiger partial charge in [-0.2, -0.15) is 0 Å². The van der Waals surface area contributed by atoms with Crippen LogP contribution in [0.1, 0.15) is 13.8 Å². The van der Waals surface area contributed by atoms with Crippen LogP contribution in [0.4, 0.5) is 5.82 Å². The van der Waals surface area contributed by atoms with E-state index in [1.807, 2.05) is 0 Å². The van der Waals surface area contributed by atoms with Crippen molar-refractivity contribution in [3.05, 3.63) is 18.6 Å². The lowest BCUT2D eigenvalue weighted by atomic mass is 10.1. The smallest absolute Gasteiger partial charge is 0.244 e. The van der Waals surface area contributed by atoms with Crippen LogP contribution in [-0.4, -0.2) is 28.5 Å². The lowest BCUT2D eigenvalue weighted by molar-refractivity contribution is -0.124. The van der Waals surface area contributed by atoms with Gasteiger partial charge in [0.15, 0.2) is 0 Å². The summed E-state index contributed by atoms with van der Waals surface area (Å²) in [4.78, 5) is 19.2. The Morgan fingerprint density at radius 2 is 2.21 bits per heavy atom. The number of nitrogens with zero attached hydrogens (tertiary/aromatic N) is 2. The van der Waals surface area contributed by atoms with Crippen LogP contribution in [0.15, 0.2) is 18.6 Å². The second kappa shape index (κ2) is 4.04. The van der Waals surface area contributed by atoms with Gasteiger partial charge >= 0.3 is 0 Å². The van der Waals surface area contributed by atoms with Crippen LogP contribution in [0.2, 0.25) is 0 Å². The lowest BCUT2D eigenvalue weighted by Gasteiger charge is -2.24. The molecule has 2 N–H and O–H groups in total. The van der Waals surface area contributed by atoms with Crippen LogP contribution in [-0.2, 0) is 4.79 Å². The lowest BCUT2D eigenvalue weighted by Crippen LogP contribution is -2.46. The molecule has 0 radical (unpaired) electrons. The van der Waals surface area contributed by atoms with E-state index in [4.69, 9.17) is 0 Å². The summed E-state index contributed by atoms with van der Waals surface area (Å²) in [7, 11) is 1.60. The Hall–Kier alpha value is -1.65. The molecule has 0 unspecified atom stereocenters. The van der Waals surface area contributed by atoms with E-state index in [-0.39, 0.29) is 5.91 Å². The number of anilines is 1. The van der Waals surface area contributed by atoms with Crippen molar-refractivity contribution in [2.24, 2.45) is 0 Å². The Kier molecular flexibility index (Phi) is 3.01. The molecule has 0 aliphatic rings. The second-order valence-corrected chi connectivity index (χ2v) is 3.42. The van der Waals surface area contributed by atoms with Gasteiger partial charge in [0.05, 0.1) is 0 Å². The molecule has 0 aromatic carbocycles. The molecule has 0 atom stereocenters. The minimum atomic E-state index is -0.677. The summed E-state index contributed by atoms with van der Waals surface area (Å²) in [5.74, 6) is 0.546. The Morgan fingerprint density at radius 3 is 2.71 bits per heavy atom. The average molecular weight is 194 g/mol. The molecule has 0 saturated heterocycles. The maximum Gasteiger partial charge on any atom is 0.244 e. The summed E-state index contributed by atoms with van der Waals surface area (Å²) in [5, 5.41) is 5.59. The first-order valence-electron chi connectivity index (χ1n) is 4.32. The van der Waals surface area contributed by atoms with Crippen LogP contribution < -0.4 is 10.6 Å². The van der Waals surface area contributed by atoms with E-state index in [9.17, 15) is 4.79 Å². The summed E-state index contributed by atoms with van der Waals surface area (Å²) >= 11 is 0. The van der Waals surface area contributed by atoms with Gasteiger partial charge < -0.3 is 10.6 Å². The van der Waals surface area contributed by atoms with E-state index < -0.39 is 5.54 Å². The van der Waals surface area contributed by atoms with Crippen LogP contribution >= 0.6 is 0 Å². The van der Waals surface area contributed by atoms with Gasteiger partial charge in [-0.3, -0.25) is 4.79 Å². The fourth-order valence-corrected chi connectivity index (χ4v) is 1.05. The highest BCUT2D eigenvalue weighted by Gasteiger charge is 2.26. The van der Waals surface area contributed by atoms with Gasteiger partial charge in [-0.05, 0) is 19.9 Å². The number of carbonyl (C=O) groups excluding carboxylic acids is 1. The Labute approximate surface area is 83.0 Å². The van der Waals surface area contributed by atoms with E-state index in [1.165, 1.54) is 6.33 Å². The Balaban J connectivity index is 2.73. The number of carbonyl (C=O) groups is 1. The maximum absolute atomic E-state index is 11.4. The van der Waals surface area contributed by atoms with Crippen molar-refractivity contribution in [3.63, 3.8) is 0 Å². The normalized spacial score (nSPS) is 10.8. The monoisotopic (exact) mass is 194 g/mol. The van der Waals surface area contributed by atoms with Crippen molar-refractivity contribution >= 4 is 11.7 Å². The molecule has 1 heterocycles. The van der Waals surface area contributed by atoms with E-state index in [2.05, 4.69) is 20.6 Å². The zero-order valence-corrected chi connectivity index (χ0v) is 8.53. The molecule has 1 rings (SSSR count). The minimum absolute atomic E-state index is 0.0869. The summed E-state index contributed by atoms with van der Waals surface area (Å²) < 4.78 is 0. The number of rotatable bonds is 3. The molecule has 0 spiro atoms. The minimum Gasteiger partial charge on any atom is -0.357 e. The van der Waals surface area contributed by atoms with Crippen LogP contribution in [0.3, 0.4) is 0 Å². The topological polar surface area (TPSA) is 66.9 Å². The molecular weight excluding hydrogens is 180 g/mol. The second-order valence-electron chi connectivity index (χ2n) is 3.42. The number of likely N-dealkylation sites (N-methyl/N-ethyl adjacent to an activating group) is 1. The number of hydrogen-bond donors (Lipinski definition) is 2. The highest BCUT2D eigenvalue weighted by Crippen LogP contribution is 2.11. The molecule has 0 bridgehead atoms. The Bertz CT molecular complexity index is 310. The molecule has 0 saturated carbocycles. The molecule has 5 heteroatoms. The van der Waals surface area contributed by atoms with Crippen molar-refractivity contribution in [1.82, 2.24) is 15.3 Å². The third-order valence-corrected chi connectivity index (χ3v) is 1.82. The van der Waals surface area contributed by atoms with Crippen LogP contribution in [0.5, 0.6) is 0 Å². The molecule has 1 aromatic rings. The number of nitrogens with one attached hydrogen (secondary N) is 2. The Morgan fingerprint density at radius 1 is 1.50 bits per heavy atom. The molecule has 14 heavy (non-hydrogen) atoms. The molecule has 0 aliphatic heterocycles. The molecular formula is C9H14N4O. The van der Waals surface area contributed by atoms with E-state index >= 15 is 0 Å². The van der Waals surface area contributed by atoms with Crippen molar-refractivity contribution < 1.29 is 4.79 Å². The van der Waals surface area contributed by atoms with E-state index in [0.717, 1.165) is 0 Å². The SMILES string of the molecule is CNC(=O)C(C)(C)Nc1ccncn1. The number of amides is 1. The first-order valence-corrected chi connectivity index (χ1v) is 4.32. The highest BCUT2D eigenvalue weighted by molar-refractivity contribution is 5.87. The van der Waals surface area contributed by atoms with Gasteiger partial charge in [-0.1, -0.05) is 0 Å². The standard InChI is InChI=1S/C9H14N4O/c1-9(2,8(14)10-3)13-7-4-5-11-6-12-7/h4-6H,1-3H3,(H,10,14)(H,11,12,13). The highest BCUT2D eigenvalue weighted by atomic mass is 16.2. The maximum atomic E-state index is 11.4. The zero-order valence-electron chi connectivity index (χ0n) is 8.53. The molecule has 1 aromatic heterocycles. The van der Waals surface area contributed by atoms with Crippen molar-refractivity contribution in [2.45, 2.75) is 19.4 Å². The van der Waals surface area contributed by atoms with Crippen molar-refractivity contribution in [1.29, 1.82) is 0 Å². The van der Waals surface area contributed by atoms with Crippen molar-refractivity contribution in [2.75, 3.05) is 12.4 Å². The zero-order chi connectivity index (χ0) is 10.6. The molecule has 0 fully saturated rings. The fourth-order valence-electron chi connectivity index (χ4n) is 1.05. The summed E-state index contributed by atoms with van der Waals surface area (Å²) in [5.41, 5.74) is -0.677. The van der Waals surface area contributed by atoms with Gasteiger partial charge in [0, 0.05) is 13.2 Å². The quantitative estimate of drug-likeness (QED) is 0.731. The van der Waals surface area contributed by atoms with Crippen LogP contribution in [0, 0.1) is 0 Å². The largest absolute Gasteiger partial charge is 0.357 e. The summed E-state index contributed by atoms with van der Waals surface area (Å²) in [6.07, 6.45) is 3.05. The average Bonchev–Trinajstić information content (AvgIpc) is 2.17. The predicted octanol–water partition coefficient (Wildman–Crippen LogP) is 0.413. The van der Waals surface area contributed by atoms with Crippen molar-refractivity contribution in [3.8, 4) is 0 Å². The third kappa shape index (κ3) is 2.42. The summed E-state index contributed by atoms with van der Waals surface area (Å²) in [6, 6.07) is 1.71. The van der Waals surface area contributed by atoms with E-state index in [1.54, 1.807) is 33.2 Å². The molecule has 0 aliphatic carbocycles. The van der Waals surface area contributed by atoms with Crippen LogP contribution in [0.25, 0.3) is 0 Å². The summed E-state index contributed by atoms with van der Waals surface area (Å²) in [6.45, 7) is 3.57. The van der Waals surface area contributed by atoms with Gasteiger partial charge in [-0.15, -0.1) is 0 Å². The van der Waals surface area contributed by atoms with Gasteiger partial charge in [0.2, 0.25) is 5.91 Å². The van der Waals surface area contributed by atoms with Gasteiger partial charge in [0.1, 0.15) is 17.7 Å². The number of aromatic nitrogens is 2. The first kappa shape index (κ1) is 10.4. The third-order valence-electron chi connectivity index (χ3n) is 1.82. The molecule has 1 amide bonds. The molecule has 5 nitrogen and oxygen atoms in total. The fraction of sp³-hybridized carbons (Fsp3) is 0.444. The van der Waals surface area contributed by atoms with Gasteiger partial charge in [0.25, 0.3) is 0 Å². The van der Waals surface area contributed by atoms with E-state index in [0.29, 0.717) is 5.82 Å². The number of hydrogen-bond acceptors (Lipinski definition) is 4. The van der Waals surface area contributed by atoms with Gasteiger partial charge in [-0.25, -0.2) is 9.97 Å². The predicted molar refractivity (Wildman–Crippen MR) is 53.8 cm³/mol.